The molecule has 6 nitrogen and oxygen atoms in total. The van der Waals surface area contributed by atoms with Crippen LogP contribution in [0.15, 0.2) is 24.3 Å². The number of benzene rings is 1. The third-order valence-electron chi connectivity index (χ3n) is 5.25. The van der Waals surface area contributed by atoms with Gasteiger partial charge in [0.25, 0.3) is 0 Å². The van der Waals surface area contributed by atoms with Crippen molar-refractivity contribution in [2.75, 3.05) is 38.0 Å². The topological polar surface area (TPSA) is 73.5 Å². The molecule has 2 fully saturated rings. The van der Waals surface area contributed by atoms with E-state index in [-0.39, 0.29) is 30.3 Å². The van der Waals surface area contributed by atoms with E-state index < -0.39 is 0 Å². The molecule has 1 aromatic rings. The lowest BCUT2D eigenvalue weighted by atomic mass is 9.98. The number of hydrogen-bond acceptors (Lipinski definition) is 4. The molecular formula is C20H31ClN4O2. The van der Waals surface area contributed by atoms with Crippen LogP contribution in [-0.2, 0) is 9.59 Å². The molecule has 27 heavy (non-hydrogen) atoms. The average Bonchev–Trinajstić information content (AvgIpc) is 3.17. The third kappa shape index (κ3) is 6.79. The van der Waals surface area contributed by atoms with Crippen LogP contribution in [0.25, 0.3) is 0 Å². The van der Waals surface area contributed by atoms with Crippen LogP contribution in [0.1, 0.15) is 31.2 Å². The second kappa shape index (κ2) is 10.6. The first-order valence-corrected chi connectivity index (χ1v) is 9.70. The molecule has 150 valence electrons. The summed E-state index contributed by atoms with van der Waals surface area (Å²) in [7, 11) is 0. The molecule has 0 saturated carbocycles. The lowest BCUT2D eigenvalue weighted by Crippen LogP contribution is -2.46. The molecule has 0 aliphatic carbocycles. The SMILES string of the molecule is Cc1ccc(NC(=O)CN2CCCC(CNC(=O)C3CCCN3)C2)cc1.Cl. The van der Waals surface area contributed by atoms with E-state index in [9.17, 15) is 9.59 Å². The highest BCUT2D eigenvalue weighted by Crippen LogP contribution is 2.16. The smallest absolute Gasteiger partial charge is 0.238 e. The van der Waals surface area contributed by atoms with Gasteiger partial charge in [0.05, 0.1) is 12.6 Å². The molecule has 2 heterocycles. The quantitative estimate of drug-likeness (QED) is 0.689. The summed E-state index contributed by atoms with van der Waals surface area (Å²) in [6.07, 6.45) is 4.18. The second-order valence-corrected chi connectivity index (χ2v) is 7.55. The molecule has 2 aliphatic rings. The number of likely N-dealkylation sites (tertiary alicyclic amines) is 1. The Morgan fingerprint density at radius 3 is 2.67 bits per heavy atom. The number of rotatable bonds is 6. The number of anilines is 1. The van der Waals surface area contributed by atoms with Crippen molar-refractivity contribution in [3.8, 4) is 0 Å². The van der Waals surface area contributed by atoms with Crippen molar-refractivity contribution in [3.63, 3.8) is 0 Å². The average molecular weight is 395 g/mol. The van der Waals surface area contributed by atoms with Gasteiger partial charge in [-0.2, -0.15) is 0 Å². The first-order chi connectivity index (χ1) is 12.6. The molecule has 2 unspecified atom stereocenters. The number of piperidine rings is 1. The van der Waals surface area contributed by atoms with Gasteiger partial charge in [-0.3, -0.25) is 14.5 Å². The monoisotopic (exact) mass is 394 g/mol. The fraction of sp³-hybridized carbons (Fsp3) is 0.600. The normalized spacial score (nSPS) is 22.7. The number of carbonyl (C=O) groups is 2. The van der Waals surface area contributed by atoms with Gasteiger partial charge < -0.3 is 16.0 Å². The minimum atomic E-state index is -0.0185. The van der Waals surface area contributed by atoms with Gasteiger partial charge in [0.2, 0.25) is 11.8 Å². The molecule has 0 aromatic heterocycles. The summed E-state index contributed by atoms with van der Waals surface area (Å²) in [4.78, 5) is 26.6. The van der Waals surface area contributed by atoms with Crippen LogP contribution in [0.2, 0.25) is 0 Å². The van der Waals surface area contributed by atoms with E-state index >= 15 is 0 Å². The lowest BCUT2D eigenvalue weighted by Gasteiger charge is -2.32. The molecule has 2 atom stereocenters. The Balaban J connectivity index is 0.00000261. The number of halogens is 1. The minimum Gasteiger partial charge on any atom is -0.354 e. The van der Waals surface area contributed by atoms with E-state index in [2.05, 4.69) is 20.9 Å². The molecule has 0 bridgehead atoms. The maximum atomic E-state index is 12.3. The standard InChI is InChI=1S/C20H30N4O2.ClH/c1-15-6-8-17(9-7-15)23-19(25)14-24-11-3-4-16(13-24)12-22-20(26)18-5-2-10-21-18;/h6-9,16,18,21H,2-5,10-14H2,1H3,(H,22,26)(H,23,25);1H. The Labute approximate surface area is 167 Å². The number of carbonyl (C=O) groups excluding carboxylic acids is 2. The summed E-state index contributed by atoms with van der Waals surface area (Å²) in [6.45, 7) is 5.87. The Kier molecular flexibility index (Phi) is 8.54. The van der Waals surface area contributed by atoms with E-state index in [0.717, 1.165) is 51.0 Å². The molecular weight excluding hydrogens is 364 g/mol. The van der Waals surface area contributed by atoms with Crippen LogP contribution >= 0.6 is 12.4 Å². The zero-order chi connectivity index (χ0) is 18.4. The van der Waals surface area contributed by atoms with Gasteiger partial charge in [-0.1, -0.05) is 17.7 Å². The van der Waals surface area contributed by atoms with Crippen LogP contribution in [0, 0.1) is 12.8 Å². The minimum absolute atomic E-state index is 0. The maximum Gasteiger partial charge on any atom is 0.238 e. The molecule has 0 spiro atoms. The van der Waals surface area contributed by atoms with E-state index in [1.54, 1.807) is 0 Å². The van der Waals surface area contributed by atoms with Crippen molar-refractivity contribution in [2.45, 2.75) is 38.6 Å². The van der Waals surface area contributed by atoms with Crippen LogP contribution in [0.4, 0.5) is 5.69 Å². The summed E-state index contributed by atoms with van der Waals surface area (Å²) in [5.74, 6) is 0.562. The molecule has 0 radical (unpaired) electrons. The number of nitrogens with one attached hydrogen (secondary N) is 3. The lowest BCUT2D eigenvalue weighted by molar-refractivity contribution is -0.123. The number of nitrogens with zero attached hydrogens (tertiary/aromatic N) is 1. The maximum absolute atomic E-state index is 12.3. The van der Waals surface area contributed by atoms with Crippen molar-refractivity contribution in [2.24, 2.45) is 5.92 Å². The predicted molar refractivity (Wildman–Crippen MR) is 110 cm³/mol. The van der Waals surface area contributed by atoms with Crippen LogP contribution < -0.4 is 16.0 Å². The zero-order valence-corrected chi connectivity index (χ0v) is 16.8. The van der Waals surface area contributed by atoms with Crippen molar-refractivity contribution >= 4 is 29.9 Å². The Hall–Kier alpha value is -1.63. The zero-order valence-electron chi connectivity index (χ0n) is 16.0. The highest BCUT2D eigenvalue weighted by Gasteiger charge is 2.25. The molecule has 3 N–H and O–H groups in total. The highest BCUT2D eigenvalue weighted by molar-refractivity contribution is 5.92. The second-order valence-electron chi connectivity index (χ2n) is 7.55. The highest BCUT2D eigenvalue weighted by atomic mass is 35.5. The van der Waals surface area contributed by atoms with Crippen LogP contribution in [-0.4, -0.2) is 55.5 Å². The Morgan fingerprint density at radius 1 is 1.19 bits per heavy atom. The molecule has 2 saturated heterocycles. The molecule has 3 rings (SSSR count). The fourth-order valence-corrected chi connectivity index (χ4v) is 3.78. The van der Waals surface area contributed by atoms with Crippen LogP contribution in [0.5, 0.6) is 0 Å². The predicted octanol–water partition coefficient (Wildman–Crippen LogP) is 1.94. The van der Waals surface area contributed by atoms with Gasteiger partial charge in [0.1, 0.15) is 0 Å². The van der Waals surface area contributed by atoms with Gasteiger partial charge in [-0.15, -0.1) is 12.4 Å². The summed E-state index contributed by atoms with van der Waals surface area (Å²) >= 11 is 0. The Bertz CT molecular complexity index is 617. The van der Waals surface area contributed by atoms with E-state index in [1.165, 1.54) is 5.56 Å². The van der Waals surface area contributed by atoms with E-state index in [4.69, 9.17) is 0 Å². The van der Waals surface area contributed by atoms with Gasteiger partial charge in [0.15, 0.2) is 0 Å². The molecule has 7 heteroatoms. The van der Waals surface area contributed by atoms with Gasteiger partial charge in [0, 0.05) is 18.8 Å². The summed E-state index contributed by atoms with van der Waals surface area (Å²) in [5, 5.41) is 9.27. The van der Waals surface area contributed by atoms with Crippen molar-refractivity contribution in [1.82, 2.24) is 15.5 Å². The number of hydrogen-bond donors (Lipinski definition) is 3. The summed E-state index contributed by atoms with van der Waals surface area (Å²) < 4.78 is 0. The third-order valence-corrected chi connectivity index (χ3v) is 5.25. The fourth-order valence-electron chi connectivity index (χ4n) is 3.78. The van der Waals surface area contributed by atoms with E-state index in [1.807, 2.05) is 31.2 Å². The number of aryl methyl sites for hydroxylation is 1. The van der Waals surface area contributed by atoms with Gasteiger partial charge >= 0.3 is 0 Å². The van der Waals surface area contributed by atoms with E-state index in [0.29, 0.717) is 19.0 Å². The molecule has 2 aliphatic heterocycles. The first-order valence-electron chi connectivity index (χ1n) is 9.70. The summed E-state index contributed by atoms with van der Waals surface area (Å²) in [6, 6.07) is 7.83. The van der Waals surface area contributed by atoms with Crippen molar-refractivity contribution in [1.29, 1.82) is 0 Å². The molecule has 1 aromatic carbocycles. The summed E-state index contributed by atoms with van der Waals surface area (Å²) in [5.41, 5.74) is 2.02. The molecule has 2 amide bonds. The van der Waals surface area contributed by atoms with Crippen molar-refractivity contribution < 1.29 is 9.59 Å². The largest absolute Gasteiger partial charge is 0.354 e. The first kappa shape index (κ1) is 21.7. The van der Waals surface area contributed by atoms with Gasteiger partial charge in [-0.25, -0.2) is 0 Å². The Morgan fingerprint density at radius 2 is 1.96 bits per heavy atom. The van der Waals surface area contributed by atoms with Gasteiger partial charge in [-0.05, 0) is 63.7 Å². The number of amides is 2. The van der Waals surface area contributed by atoms with Crippen LogP contribution in [0.3, 0.4) is 0 Å². The van der Waals surface area contributed by atoms with Crippen molar-refractivity contribution in [3.05, 3.63) is 29.8 Å².